The monoisotopic (exact) mass is 481 g/mol. The van der Waals surface area contributed by atoms with Crippen molar-refractivity contribution in [2.45, 2.75) is 26.4 Å². The molecule has 27 heavy (non-hydrogen) atoms. The fourth-order valence-electron chi connectivity index (χ4n) is 2.87. The minimum atomic E-state index is -1.31. The van der Waals surface area contributed by atoms with E-state index >= 15 is 0 Å². The second-order valence-electron chi connectivity index (χ2n) is 6.41. The number of aromatic carboxylic acids is 1. The zero-order valence-electron chi connectivity index (χ0n) is 14.7. The summed E-state index contributed by atoms with van der Waals surface area (Å²) < 4.78 is 20.7. The van der Waals surface area contributed by atoms with Gasteiger partial charge in [-0.2, -0.15) is 0 Å². The molecule has 2 aromatic carbocycles. The molecule has 0 spiro atoms. The van der Waals surface area contributed by atoms with Crippen LogP contribution >= 0.6 is 22.6 Å². The van der Waals surface area contributed by atoms with E-state index in [4.69, 9.17) is 4.74 Å². The van der Waals surface area contributed by atoms with Crippen LogP contribution in [-0.4, -0.2) is 22.2 Å². The third kappa shape index (κ3) is 3.97. The highest BCUT2D eigenvalue weighted by molar-refractivity contribution is 14.1. The van der Waals surface area contributed by atoms with E-state index < -0.39 is 11.4 Å². The lowest BCUT2D eigenvalue weighted by atomic mass is 10.0. The van der Waals surface area contributed by atoms with E-state index in [9.17, 15) is 19.1 Å². The van der Waals surface area contributed by atoms with Crippen molar-refractivity contribution in [3.63, 3.8) is 0 Å². The van der Waals surface area contributed by atoms with Gasteiger partial charge in [-0.05, 0) is 65.8 Å². The summed E-state index contributed by atoms with van der Waals surface area (Å²) >= 11 is 1.93. The maximum absolute atomic E-state index is 14.4. The highest BCUT2D eigenvalue weighted by Gasteiger charge is 2.17. The molecule has 0 saturated heterocycles. The fourth-order valence-corrected chi connectivity index (χ4v) is 3.42. The van der Waals surface area contributed by atoms with Crippen molar-refractivity contribution in [3.8, 4) is 5.75 Å². The van der Waals surface area contributed by atoms with Crippen LogP contribution < -0.4 is 10.2 Å². The second kappa shape index (κ2) is 7.67. The molecule has 3 aromatic rings. The summed E-state index contributed by atoms with van der Waals surface area (Å²) in [5.41, 5.74) is 0.616. The third-order valence-electron chi connectivity index (χ3n) is 4.03. The van der Waals surface area contributed by atoms with Crippen molar-refractivity contribution in [2.75, 3.05) is 0 Å². The summed E-state index contributed by atoms with van der Waals surface area (Å²) in [6.07, 6.45) is 1.27. The zero-order valence-corrected chi connectivity index (χ0v) is 16.8. The van der Waals surface area contributed by atoms with Gasteiger partial charge >= 0.3 is 5.97 Å². The molecule has 0 aliphatic carbocycles. The fraction of sp³-hybridized carbons (Fsp3) is 0.200. The number of pyridine rings is 1. The molecule has 1 aromatic heterocycles. The summed E-state index contributed by atoms with van der Waals surface area (Å²) in [7, 11) is 0. The molecular weight excluding hydrogens is 464 g/mol. The molecule has 140 valence electrons. The van der Waals surface area contributed by atoms with Gasteiger partial charge in [0.05, 0.1) is 17.0 Å². The van der Waals surface area contributed by atoms with Crippen LogP contribution in [0.1, 0.15) is 35.3 Å². The predicted molar refractivity (Wildman–Crippen MR) is 109 cm³/mol. The molecule has 5 nitrogen and oxygen atoms in total. The number of hydrogen-bond acceptors (Lipinski definition) is 3. The largest absolute Gasteiger partial charge is 0.489 e. The smallest absolute Gasteiger partial charge is 0.341 e. The first kappa shape index (κ1) is 19.3. The molecule has 2 N–H and O–H groups in total. The van der Waals surface area contributed by atoms with Crippen LogP contribution in [0.3, 0.4) is 0 Å². The number of H-pyrrole nitrogens is 1. The van der Waals surface area contributed by atoms with E-state index in [1.165, 1.54) is 6.20 Å². The number of halogens is 2. The van der Waals surface area contributed by atoms with Crippen molar-refractivity contribution >= 4 is 39.5 Å². The number of nitrogens with one attached hydrogen (secondary N) is 1. The molecule has 3 rings (SSSR count). The van der Waals surface area contributed by atoms with E-state index in [0.29, 0.717) is 26.0 Å². The molecule has 0 radical (unpaired) electrons. The molecule has 0 atom stereocenters. The summed E-state index contributed by atoms with van der Waals surface area (Å²) in [6.45, 7) is 3.70. The maximum atomic E-state index is 14.4. The lowest BCUT2D eigenvalue weighted by Gasteiger charge is -2.15. The number of hydrogen-bond donors (Lipinski definition) is 2. The van der Waals surface area contributed by atoms with Crippen LogP contribution in [0, 0.1) is 9.39 Å². The van der Waals surface area contributed by atoms with Crippen LogP contribution in [0.15, 0.2) is 41.3 Å². The number of aromatic amines is 1. The Labute approximate surface area is 168 Å². The number of rotatable bonds is 5. The highest BCUT2D eigenvalue weighted by Crippen LogP contribution is 2.28. The number of fused-ring (bicyclic) bond motifs is 1. The van der Waals surface area contributed by atoms with Crippen molar-refractivity contribution in [1.82, 2.24) is 4.98 Å². The normalized spacial score (nSPS) is 11.1. The van der Waals surface area contributed by atoms with Crippen LogP contribution in [0.2, 0.25) is 0 Å². The minimum Gasteiger partial charge on any atom is -0.489 e. The zero-order chi connectivity index (χ0) is 19.7. The van der Waals surface area contributed by atoms with Gasteiger partial charge < -0.3 is 14.8 Å². The van der Waals surface area contributed by atoms with E-state index in [2.05, 4.69) is 4.98 Å². The predicted octanol–water partition coefficient (Wildman–Crippen LogP) is 4.35. The van der Waals surface area contributed by atoms with Gasteiger partial charge in [0.2, 0.25) is 5.43 Å². The first-order valence-corrected chi connectivity index (χ1v) is 9.37. The molecule has 7 heteroatoms. The van der Waals surface area contributed by atoms with E-state index in [1.54, 1.807) is 30.3 Å². The topological polar surface area (TPSA) is 79.4 Å². The average molecular weight is 481 g/mol. The van der Waals surface area contributed by atoms with Gasteiger partial charge in [-0.15, -0.1) is 0 Å². The first-order chi connectivity index (χ1) is 12.8. The Balaban J connectivity index is 2.20. The third-order valence-corrected chi connectivity index (χ3v) is 4.86. The SMILES string of the molecule is CC(C)Oc1cc(Cc2cccc(I)c2F)cc2c(=O)c(C(=O)O)c[nH]c12. The Morgan fingerprint density at radius 3 is 2.74 bits per heavy atom. The standard InChI is InChI=1S/C20H17FINO4/c1-10(2)27-16-8-11(6-12-4-3-5-15(22)17(12)21)7-13-18(16)23-9-14(19(13)24)20(25)26/h3-5,7-10H,6H2,1-2H3,(H,23,24)(H,25,26). The summed E-state index contributed by atoms with van der Waals surface area (Å²) in [4.78, 5) is 26.7. The number of carbonyl (C=O) groups is 1. The summed E-state index contributed by atoms with van der Waals surface area (Å²) in [6, 6.07) is 8.47. The van der Waals surface area contributed by atoms with Crippen LogP contribution in [-0.2, 0) is 6.42 Å². The van der Waals surface area contributed by atoms with Gasteiger partial charge in [0.15, 0.2) is 0 Å². The van der Waals surface area contributed by atoms with Gasteiger partial charge in [-0.3, -0.25) is 4.79 Å². The summed E-state index contributed by atoms with van der Waals surface area (Å²) in [5.74, 6) is -1.19. The molecule has 0 amide bonds. The Bertz CT molecular complexity index is 1090. The maximum Gasteiger partial charge on any atom is 0.341 e. The van der Waals surface area contributed by atoms with E-state index in [1.807, 2.05) is 36.4 Å². The number of carboxylic acids is 1. The van der Waals surface area contributed by atoms with Gasteiger partial charge in [-0.25, -0.2) is 9.18 Å². The minimum absolute atomic E-state index is 0.152. The van der Waals surface area contributed by atoms with Gasteiger partial charge in [0.1, 0.15) is 17.1 Å². The second-order valence-corrected chi connectivity index (χ2v) is 7.57. The van der Waals surface area contributed by atoms with Crippen molar-refractivity contribution in [2.24, 2.45) is 0 Å². The molecule has 0 fully saturated rings. The number of ether oxygens (including phenoxy) is 1. The first-order valence-electron chi connectivity index (χ1n) is 8.29. The molecule has 0 saturated carbocycles. The molecule has 0 aliphatic rings. The Morgan fingerprint density at radius 2 is 2.07 bits per heavy atom. The molecule has 1 heterocycles. The van der Waals surface area contributed by atoms with Gasteiger partial charge in [0, 0.05) is 16.2 Å². The lowest BCUT2D eigenvalue weighted by molar-refractivity contribution is 0.0695. The summed E-state index contributed by atoms with van der Waals surface area (Å²) in [5, 5.41) is 9.41. The highest BCUT2D eigenvalue weighted by atomic mass is 127. The van der Waals surface area contributed by atoms with Crippen molar-refractivity contribution in [1.29, 1.82) is 0 Å². The number of benzene rings is 2. The Hall–Kier alpha value is -2.42. The lowest BCUT2D eigenvalue weighted by Crippen LogP contribution is -2.16. The van der Waals surface area contributed by atoms with Crippen LogP contribution in [0.25, 0.3) is 10.9 Å². The van der Waals surface area contributed by atoms with Crippen LogP contribution in [0.4, 0.5) is 4.39 Å². The van der Waals surface area contributed by atoms with E-state index in [0.717, 1.165) is 0 Å². The van der Waals surface area contributed by atoms with Crippen LogP contribution in [0.5, 0.6) is 5.75 Å². The molecule has 0 bridgehead atoms. The van der Waals surface area contributed by atoms with Crippen molar-refractivity contribution in [3.05, 3.63) is 72.8 Å². The molecule has 0 unspecified atom stereocenters. The quantitative estimate of drug-likeness (QED) is 0.532. The molecular formula is C20H17FINO4. The number of aromatic nitrogens is 1. The average Bonchev–Trinajstić information content (AvgIpc) is 2.59. The molecule has 0 aliphatic heterocycles. The van der Waals surface area contributed by atoms with E-state index in [-0.39, 0.29) is 29.3 Å². The number of carboxylic acid groups (broad SMARTS) is 1. The van der Waals surface area contributed by atoms with Gasteiger partial charge in [-0.1, -0.05) is 12.1 Å². The van der Waals surface area contributed by atoms with Gasteiger partial charge in [0.25, 0.3) is 0 Å². The Kier molecular flexibility index (Phi) is 5.50. The van der Waals surface area contributed by atoms with Crippen molar-refractivity contribution < 1.29 is 19.0 Å². The Morgan fingerprint density at radius 1 is 1.33 bits per heavy atom.